The van der Waals surface area contributed by atoms with Crippen LogP contribution >= 0.6 is 23.2 Å². The number of nitrogens with zero attached hydrogens (tertiary/aromatic N) is 1. The van der Waals surface area contributed by atoms with Crippen LogP contribution in [0.2, 0.25) is 10.0 Å². The van der Waals surface area contributed by atoms with Crippen molar-refractivity contribution >= 4 is 35.3 Å². The summed E-state index contributed by atoms with van der Waals surface area (Å²) in [7, 11) is 0. The topological polar surface area (TPSA) is 94.5 Å². The van der Waals surface area contributed by atoms with Gasteiger partial charge < -0.3 is 29.0 Å². The molecule has 1 amide bonds. The second-order valence-corrected chi connectivity index (χ2v) is 9.60. The average molecular weight is 571 g/mol. The Morgan fingerprint density at radius 1 is 0.921 bits per heavy atom. The summed E-state index contributed by atoms with van der Waals surface area (Å²) >= 11 is 12.0. The number of aliphatic carboxylic acids is 1. The van der Waals surface area contributed by atoms with Gasteiger partial charge in [0.25, 0.3) is 0 Å². The summed E-state index contributed by atoms with van der Waals surface area (Å²) in [6.07, 6.45) is 0.988. The highest BCUT2D eigenvalue weighted by Crippen LogP contribution is 2.24. The van der Waals surface area contributed by atoms with Crippen molar-refractivity contribution in [3.63, 3.8) is 0 Å². The van der Waals surface area contributed by atoms with Crippen molar-refractivity contribution in [2.75, 3.05) is 32.9 Å². The first-order chi connectivity index (χ1) is 18.2. The zero-order chi connectivity index (χ0) is 27.9. The molecule has 2 rings (SSSR count). The van der Waals surface area contributed by atoms with Crippen LogP contribution in [0.5, 0.6) is 11.5 Å². The maximum Gasteiger partial charge on any atom is 0.410 e. The molecule has 10 heteroatoms. The average Bonchev–Trinajstić information content (AvgIpc) is 2.87. The number of halogens is 2. The maximum atomic E-state index is 12.7. The van der Waals surface area contributed by atoms with Crippen molar-refractivity contribution < 1.29 is 33.6 Å². The second kappa shape index (κ2) is 17.0. The fraction of sp³-hybridized carbons (Fsp3) is 0.500. The van der Waals surface area contributed by atoms with E-state index in [9.17, 15) is 14.7 Å². The van der Waals surface area contributed by atoms with Crippen LogP contribution in [0.15, 0.2) is 42.5 Å². The van der Waals surface area contributed by atoms with Crippen molar-refractivity contribution in [2.24, 2.45) is 0 Å². The minimum absolute atomic E-state index is 0.180. The van der Waals surface area contributed by atoms with Crippen LogP contribution in [0.4, 0.5) is 4.79 Å². The van der Waals surface area contributed by atoms with Gasteiger partial charge in [0.05, 0.1) is 13.2 Å². The number of hydrogen-bond acceptors (Lipinski definition) is 6. The number of benzene rings is 2. The zero-order valence-electron chi connectivity index (χ0n) is 22.2. The number of carbonyl (C=O) groups excluding carboxylic acids is 1. The van der Waals surface area contributed by atoms with Crippen LogP contribution in [-0.2, 0) is 20.7 Å². The van der Waals surface area contributed by atoms with Crippen LogP contribution < -0.4 is 9.47 Å². The Bertz CT molecular complexity index is 983. The SMILES string of the molecule is CCOC(Cc1ccc(OCCN(CCCCOc2cc(Cl)cc(Cl)c2)C(=O)OC(C)CC)cc1)C(=O)O. The van der Waals surface area contributed by atoms with Crippen LogP contribution in [0.25, 0.3) is 0 Å². The molecule has 0 saturated heterocycles. The lowest BCUT2D eigenvalue weighted by Gasteiger charge is -2.24. The lowest BCUT2D eigenvalue weighted by Crippen LogP contribution is -2.37. The monoisotopic (exact) mass is 569 g/mol. The molecule has 0 aliphatic rings. The smallest absolute Gasteiger partial charge is 0.410 e. The van der Waals surface area contributed by atoms with E-state index in [1.165, 1.54) is 0 Å². The molecule has 0 bridgehead atoms. The van der Waals surface area contributed by atoms with Crippen molar-refractivity contribution in [2.45, 2.75) is 58.7 Å². The molecule has 210 valence electrons. The Balaban J connectivity index is 1.84. The Kier molecular flexibility index (Phi) is 14.1. The summed E-state index contributed by atoms with van der Waals surface area (Å²) in [6, 6.07) is 12.2. The molecule has 0 aliphatic carbocycles. The molecule has 0 spiro atoms. The van der Waals surface area contributed by atoms with Gasteiger partial charge in [0.2, 0.25) is 0 Å². The lowest BCUT2D eigenvalue weighted by molar-refractivity contribution is -0.149. The first kappa shape index (κ1) is 31.5. The number of carboxylic acids is 1. The van der Waals surface area contributed by atoms with E-state index >= 15 is 0 Å². The van der Waals surface area contributed by atoms with Crippen LogP contribution in [0, 0.1) is 0 Å². The van der Waals surface area contributed by atoms with E-state index in [1.54, 1.807) is 42.2 Å². The molecule has 0 saturated carbocycles. The summed E-state index contributed by atoms with van der Waals surface area (Å²) in [6.45, 7) is 7.50. The van der Waals surface area contributed by atoms with Crippen molar-refractivity contribution in [1.29, 1.82) is 0 Å². The van der Waals surface area contributed by atoms with Gasteiger partial charge in [0, 0.05) is 29.6 Å². The highest BCUT2D eigenvalue weighted by atomic mass is 35.5. The molecule has 2 atom stereocenters. The maximum absolute atomic E-state index is 12.7. The fourth-order valence-electron chi connectivity index (χ4n) is 3.46. The van der Waals surface area contributed by atoms with Gasteiger partial charge in [-0.2, -0.15) is 0 Å². The van der Waals surface area contributed by atoms with Gasteiger partial charge in [-0.05, 0) is 69.0 Å². The van der Waals surface area contributed by atoms with Crippen molar-refractivity contribution in [3.05, 3.63) is 58.1 Å². The number of unbranched alkanes of at least 4 members (excludes halogenated alkanes) is 1. The minimum atomic E-state index is -0.989. The number of carbonyl (C=O) groups is 2. The van der Waals surface area contributed by atoms with Gasteiger partial charge in [-0.25, -0.2) is 9.59 Å². The minimum Gasteiger partial charge on any atom is -0.493 e. The highest BCUT2D eigenvalue weighted by Gasteiger charge is 2.19. The first-order valence-corrected chi connectivity index (χ1v) is 13.6. The molecule has 0 aliphatic heterocycles. The summed E-state index contributed by atoms with van der Waals surface area (Å²) in [4.78, 5) is 25.6. The van der Waals surface area contributed by atoms with Gasteiger partial charge in [0.15, 0.2) is 6.10 Å². The van der Waals surface area contributed by atoms with E-state index in [0.717, 1.165) is 18.4 Å². The van der Waals surface area contributed by atoms with E-state index in [2.05, 4.69) is 0 Å². The van der Waals surface area contributed by atoms with Gasteiger partial charge in [-0.3, -0.25) is 0 Å². The highest BCUT2D eigenvalue weighted by molar-refractivity contribution is 6.34. The third-order valence-corrected chi connectivity index (χ3v) is 6.12. The Morgan fingerprint density at radius 3 is 2.18 bits per heavy atom. The second-order valence-electron chi connectivity index (χ2n) is 8.73. The number of carboxylic acid groups (broad SMARTS) is 1. The molecular formula is C28H37Cl2NO7. The molecule has 38 heavy (non-hydrogen) atoms. The van der Waals surface area contributed by atoms with Crippen LogP contribution in [-0.4, -0.2) is 67.2 Å². The van der Waals surface area contributed by atoms with E-state index in [-0.39, 0.29) is 25.2 Å². The number of hydrogen-bond donors (Lipinski definition) is 1. The number of rotatable bonds is 17. The lowest BCUT2D eigenvalue weighted by atomic mass is 10.1. The van der Waals surface area contributed by atoms with Gasteiger partial charge in [0.1, 0.15) is 24.2 Å². The van der Waals surface area contributed by atoms with E-state index in [0.29, 0.717) is 54.3 Å². The molecule has 0 fully saturated rings. The third kappa shape index (κ3) is 11.8. The Morgan fingerprint density at radius 2 is 1.58 bits per heavy atom. The van der Waals surface area contributed by atoms with Crippen molar-refractivity contribution in [1.82, 2.24) is 4.90 Å². The van der Waals surface area contributed by atoms with Crippen LogP contribution in [0.3, 0.4) is 0 Å². The molecule has 8 nitrogen and oxygen atoms in total. The first-order valence-electron chi connectivity index (χ1n) is 12.8. The van der Waals surface area contributed by atoms with Crippen LogP contribution in [0.1, 0.15) is 45.6 Å². The molecule has 0 heterocycles. The quantitative estimate of drug-likeness (QED) is 0.217. The molecule has 2 unspecified atom stereocenters. The summed E-state index contributed by atoms with van der Waals surface area (Å²) in [5.41, 5.74) is 0.833. The van der Waals surface area contributed by atoms with E-state index < -0.39 is 12.1 Å². The largest absolute Gasteiger partial charge is 0.493 e. The standard InChI is InChI=1S/C28H37Cl2NO7/c1-4-20(3)38-28(34)31(12-6-7-14-36-25-18-22(29)17-23(30)19-25)13-15-37-24-10-8-21(9-11-24)16-26(27(32)33)35-5-2/h8-11,17-20,26H,4-7,12-16H2,1-3H3,(H,32,33). The van der Waals surface area contributed by atoms with E-state index in [1.807, 2.05) is 26.0 Å². The third-order valence-electron chi connectivity index (χ3n) is 5.68. The summed E-state index contributed by atoms with van der Waals surface area (Å²) < 4.78 is 22.3. The van der Waals surface area contributed by atoms with Gasteiger partial charge >= 0.3 is 12.1 Å². The molecule has 0 radical (unpaired) electrons. The zero-order valence-corrected chi connectivity index (χ0v) is 23.7. The summed E-state index contributed by atoms with van der Waals surface area (Å²) in [5, 5.41) is 10.3. The van der Waals surface area contributed by atoms with Crippen molar-refractivity contribution in [3.8, 4) is 11.5 Å². The number of ether oxygens (including phenoxy) is 4. The molecule has 0 aromatic heterocycles. The molecule has 2 aromatic carbocycles. The Hall–Kier alpha value is -2.68. The van der Waals surface area contributed by atoms with Gasteiger partial charge in [-0.1, -0.05) is 42.3 Å². The molecular weight excluding hydrogens is 533 g/mol. The predicted molar refractivity (Wildman–Crippen MR) is 148 cm³/mol. The number of amides is 1. The normalized spacial score (nSPS) is 12.4. The van der Waals surface area contributed by atoms with Gasteiger partial charge in [-0.15, -0.1) is 0 Å². The molecule has 2 aromatic rings. The fourth-order valence-corrected chi connectivity index (χ4v) is 3.97. The summed E-state index contributed by atoms with van der Waals surface area (Å²) in [5.74, 6) is 0.240. The van der Waals surface area contributed by atoms with E-state index in [4.69, 9.17) is 42.1 Å². The Labute approximate surface area is 234 Å². The predicted octanol–water partition coefficient (Wildman–Crippen LogP) is 6.50. The molecule has 1 N–H and O–H groups in total.